The van der Waals surface area contributed by atoms with Crippen molar-refractivity contribution in [3.05, 3.63) is 41.7 Å². The van der Waals surface area contributed by atoms with Gasteiger partial charge in [-0.1, -0.05) is 12.1 Å². The lowest BCUT2D eigenvalue weighted by molar-refractivity contribution is -0.144. The van der Waals surface area contributed by atoms with Crippen molar-refractivity contribution in [2.75, 3.05) is 19.6 Å². The van der Waals surface area contributed by atoms with Crippen LogP contribution in [-0.4, -0.2) is 67.5 Å². The van der Waals surface area contributed by atoms with Crippen molar-refractivity contribution in [1.29, 1.82) is 0 Å². The Morgan fingerprint density at radius 2 is 2.00 bits per heavy atom. The predicted molar refractivity (Wildman–Crippen MR) is 100 cm³/mol. The maximum Gasteiger partial charge on any atom is 0.253 e. The number of benzene rings is 1. The molecule has 3 fully saturated rings. The minimum absolute atomic E-state index is 0.0965. The number of hydrogen-bond acceptors (Lipinski definition) is 5. The smallest absolute Gasteiger partial charge is 0.253 e. The Morgan fingerprint density at radius 1 is 1.14 bits per heavy atom. The van der Waals surface area contributed by atoms with E-state index in [1.807, 2.05) is 29.2 Å². The summed E-state index contributed by atoms with van der Waals surface area (Å²) in [5.74, 6) is 1.23. The second-order valence-corrected chi connectivity index (χ2v) is 8.28. The van der Waals surface area contributed by atoms with Crippen LogP contribution in [0.15, 0.2) is 30.6 Å². The molecule has 1 aromatic heterocycles. The Labute approximate surface area is 163 Å². The first-order chi connectivity index (χ1) is 13.7. The largest absolute Gasteiger partial charge is 0.339 e. The second kappa shape index (κ2) is 7.00. The lowest BCUT2D eigenvalue weighted by Gasteiger charge is -2.52. The number of hydrogen-bond donors (Lipinski definition) is 0. The lowest BCUT2D eigenvalue weighted by Crippen LogP contribution is -2.61. The molecule has 4 heterocycles. The van der Waals surface area contributed by atoms with Crippen LogP contribution in [0.3, 0.4) is 0 Å². The Morgan fingerprint density at radius 3 is 2.79 bits per heavy atom. The molecule has 8 nitrogen and oxygen atoms in total. The van der Waals surface area contributed by atoms with E-state index in [9.17, 15) is 9.59 Å². The summed E-state index contributed by atoms with van der Waals surface area (Å²) in [7, 11) is 0. The fraction of sp³-hybridized carbons (Fsp3) is 0.550. The van der Waals surface area contributed by atoms with Crippen molar-refractivity contribution < 1.29 is 9.59 Å². The van der Waals surface area contributed by atoms with E-state index in [2.05, 4.69) is 20.4 Å². The molecule has 2 amide bonds. The van der Waals surface area contributed by atoms with Gasteiger partial charge in [0, 0.05) is 37.7 Å². The van der Waals surface area contributed by atoms with E-state index in [-0.39, 0.29) is 5.91 Å². The highest BCUT2D eigenvalue weighted by Crippen LogP contribution is 2.38. The van der Waals surface area contributed by atoms with Gasteiger partial charge in [-0.05, 0) is 59.2 Å². The first-order valence-corrected chi connectivity index (χ1v) is 10.1. The first-order valence-electron chi connectivity index (χ1n) is 10.1. The van der Waals surface area contributed by atoms with Gasteiger partial charge in [0.25, 0.3) is 5.91 Å². The maximum absolute atomic E-state index is 13.1. The molecule has 0 spiro atoms. The van der Waals surface area contributed by atoms with Crippen LogP contribution < -0.4 is 0 Å². The molecule has 5 rings (SSSR count). The van der Waals surface area contributed by atoms with Crippen LogP contribution in [0.25, 0.3) is 0 Å². The Kier molecular flexibility index (Phi) is 4.33. The van der Waals surface area contributed by atoms with Crippen LogP contribution in [0.1, 0.15) is 41.6 Å². The van der Waals surface area contributed by atoms with Gasteiger partial charge >= 0.3 is 0 Å². The number of tetrazole rings is 1. The molecule has 0 N–H and O–H groups in total. The first kappa shape index (κ1) is 17.3. The Balaban J connectivity index is 1.28. The zero-order valence-electron chi connectivity index (χ0n) is 15.8. The van der Waals surface area contributed by atoms with Crippen molar-refractivity contribution >= 4 is 11.8 Å². The number of nitrogens with zero attached hydrogens (tertiary/aromatic N) is 6. The molecule has 0 aliphatic carbocycles. The van der Waals surface area contributed by atoms with E-state index in [1.165, 1.54) is 0 Å². The normalized spacial score (nSPS) is 26.9. The highest BCUT2D eigenvalue weighted by molar-refractivity contribution is 5.94. The zero-order valence-corrected chi connectivity index (χ0v) is 15.8. The molecule has 0 unspecified atom stereocenters. The minimum Gasteiger partial charge on any atom is -0.339 e. The summed E-state index contributed by atoms with van der Waals surface area (Å²) in [4.78, 5) is 29.5. The molecule has 2 aromatic rings. The average Bonchev–Trinajstić information content (AvgIpc) is 3.22. The zero-order chi connectivity index (χ0) is 19.1. The predicted octanol–water partition coefficient (Wildman–Crippen LogP) is 1.19. The molecule has 2 bridgehead atoms. The molecule has 0 saturated carbocycles. The maximum atomic E-state index is 13.1. The average molecular weight is 380 g/mol. The fourth-order valence-corrected chi connectivity index (χ4v) is 5.15. The SMILES string of the molecule is O=C(c1ccc(Cn2cnnn2)cc1)N1C[C@H]2C[C@H](C1)[C@@H]1CCCC(=O)N1C2. The summed E-state index contributed by atoms with van der Waals surface area (Å²) >= 11 is 0. The van der Waals surface area contributed by atoms with Crippen LogP contribution in [0.2, 0.25) is 0 Å². The summed E-state index contributed by atoms with van der Waals surface area (Å²) in [6.45, 7) is 2.91. The molecule has 3 aliphatic heterocycles. The monoisotopic (exact) mass is 380 g/mol. The van der Waals surface area contributed by atoms with Gasteiger partial charge in [0.05, 0.1) is 6.54 Å². The van der Waals surface area contributed by atoms with Gasteiger partial charge in [-0.25, -0.2) is 4.68 Å². The highest BCUT2D eigenvalue weighted by atomic mass is 16.2. The van der Waals surface area contributed by atoms with E-state index in [0.717, 1.165) is 50.0 Å². The van der Waals surface area contributed by atoms with Gasteiger partial charge in [0.15, 0.2) is 0 Å². The van der Waals surface area contributed by atoms with Crippen molar-refractivity contribution in [2.24, 2.45) is 11.8 Å². The van der Waals surface area contributed by atoms with Crippen molar-refractivity contribution in [2.45, 2.75) is 38.3 Å². The van der Waals surface area contributed by atoms with E-state index < -0.39 is 0 Å². The molecule has 3 aliphatic rings. The van der Waals surface area contributed by atoms with Crippen LogP contribution in [-0.2, 0) is 11.3 Å². The molecule has 1 aromatic carbocycles. The van der Waals surface area contributed by atoms with Gasteiger partial charge in [0.1, 0.15) is 6.33 Å². The molecule has 28 heavy (non-hydrogen) atoms. The van der Waals surface area contributed by atoms with Gasteiger partial charge in [0.2, 0.25) is 5.91 Å². The summed E-state index contributed by atoms with van der Waals surface area (Å²) in [6.07, 6.45) is 5.47. The van der Waals surface area contributed by atoms with Gasteiger partial charge < -0.3 is 9.80 Å². The number of piperidine rings is 3. The highest BCUT2D eigenvalue weighted by Gasteiger charge is 2.44. The Bertz CT molecular complexity index is 865. The number of fused-ring (bicyclic) bond motifs is 4. The van der Waals surface area contributed by atoms with Crippen molar-refractivity contribution in [3.63, 3.8) is 0 Å². The summed E-state index contributed by atoms with van der Waals surface area (Å²) in [5.41, 5.74) is 1.77. The molecular weight excluding hydrogens is 356 g/mol. The third-order valence-electron chi connectivity index (χ3n) is 6.40. The summed E-state index contributed by atoms with van der Waals surface area (Å²) in [5, 5.41) is 11.1. The quantitative estimate of drug-likeness (QED) is 0.799. The number of likely N-dealkylation sites (tertiary alicyclic amines) is 1. The molecule has 8 heteroatoms. The molecular formula is C20H24N6O2. The van der Waals surface area contributed by atoms with Crippen molar-refractivity contribution in [3.8, 4) is 0 Å². The van der Waals surface area contributed by atoms with E-state index >= 15 is 0 Å². The van der Waals surface area contributed by atoms with Crippen LogP contribution >= 0.6 is 0 Å². The number of rotatable bonds is 3. The van der Waals surface area contributed by atoms with Gasteiger partial charge in [-0.3, -0.25) is 9.59 Å². The fourth-order valence-electron chi connectivity index (χ4n) is 5.15. The standard InChI is InChI=1S/C20H24N6O2/c27-19-3-1-2-18-17-8-15(11-26(18)19)9-24(12-17)20(28)16-6-4-14(5-7-16)10-25-13-21-22-23-25/h4-7,13,15,17-18H,1-3,8-12H2/t15-,17-,18+/m1/s1. The molecule has 3 atom stereocenters. The second-order valence-electron chi connectivity index (χ2n) is 8.28. The van der Waals surface area contributed by atoms with E-state index in [0.29, 0.717) is 36.8 Å². The topological polar surface area (TPSA) is 84.2 Å². The molecule has 146 valence electrons. The number of amides is 2. The third kappa shape index (κ3) is 3.16. The number of aromatic nitrogens is 4. The van der Waals surface area contributed by atoms with Gasteiger partial charge in [-0.15, -0.1) is 5.10 Å². The van der Waals surface area contributed by atoms with Crippen LogP contribution in [0.5, 0.6) is 0 Å². The van der Waals surface area contributed by atoms with E-state index in [1.54, 1.807) is 11.0 Å². The molecule has 3 saturated heterocycles. The van der Waals surface area contributed by atoms with Gasteiger partial charge in [-0.2, -0.15) is 0 Å². The Hall–Kier alpha value is -2.77. The summed E-state index contributed by atoms with van der Waals surface area (Å²) < 4.78 is 1.65. The van der Waals surface area contributed by atoms with E-state index in [4.69, 9.17) is 0 Å². The van der Waals surface area contributed by atoms with Crippen molar-refractivity contribution in [1.82, 2.24) is 30.0 Å². The third-order valence-corrected chi connectivity index (χ3v) is 6.40. The minimum atomic E-state index is 0.0965. The number of carbonyl (C=O) groups is 2. The molecule has 0 radical (unpaired) electrons. The van der Waals surface area contributed by atoms with Crippen LogP contribution in [0, 0.1) is 11.8 Å². The number of carbonyl (C=O) groups excluding carboxylic acids is 2. The van der Waals surface area contributed by atoms with Crippen LogP contribution in [0.4, 0.5) is 0 Å². The lowest BCUT2D eigenvalue weighted by atomic mass is 9.76. The summed E-state index contributed by atoms with van der Waals surface area (Å²) in [6, 6.07) is 8.03.